The van der Waals surface area contributed by atoms with E-state index in [4.69, 9.17) is 14.7 Å². The highest BCUT2D eigenvalue weighted by molar-refractivity contribution is 5.92. The van der Waals surface area contributed by atoms with Crippen LogP contribution in [0, 0.1) is 0 Å². The summed E-state index contributed by atoms with van der Waals surface area (Å²) in [5.41, 5.74) is 3.05. The Balaban J connectivity index is 1.81. The number of likely N-dealkylation sites (N-methyl/N-ethyl adjacent to an activating group) is 1. The van der Waals surface area contributed by atoms with Crippen LogP contribution >= 0.6 is 0 Å². The molecular formula is C22H28N6O3. The van der Waals surface area contributed by atoms with E-state index in [1.165, 1.54) is 0 Å². The maximum Gasteiger partial charge on any atom is 0.244 e. The molecule has 0 aliphatic carbocycles. The number of carbonyl (C=O) groups is 1. The summed E-state index contributed by atoms with van der Waals surface area (Å²) >= 11 is 0. The number of aliphatic hydroxyl groups excluding tert-OH is 1. The van der Waals surface area contributed by atoms with Gasteiger partial charge in [-0.1, -0.05) is 18.2 Å². The molecule has 2 aromatic heterocycles. The summed E-state index contributed by atoms with van der Waals surface area (Å²) in [5.74, 6) is 0.600. The van der Waals surface area contributed by atoms with Crippen molar-refractivity contribution in [2.24, 2.45) is 0 Å². The Kier molecular flexibility index (Phi) is 6.43. The van der Waals surface area contributed by atoms with Crippen LogP contribution in [0.25, 0.3) is 22.3 Å². The molecule has 1 aromatic carbocycles. The number of hydrogen-bond donors (Lipinski definition) is 1. The Hall–Kier alpha value is -3.04. The topological polar surface area (TPSA) is 96.6 Å². The van der Waals surface area contributed by atoms with E-state index in [1.54, 1.807) is 15.8 Å². The largest absolute Gasteiger partial charge is 0.392 e. The van der Waals surface area contributed by atoms with E-state index in [1.807, 2.05) is 38.1 Å². The number of ether oxygens (including phenoxy) is 1. The zero-order valence-electron chi connectivity index (χ0n) is 18.0. The lowest BCUT2D eigenvalue weighted by molar-refractivity contribution is -0.131. The molecule has 1 amide bonds. The first-order chi connectivity index (χ1) is 15.1. The minimum Gasteiger partial charge on any atom is -0.392 e. The van der Waals surface area contributed by atoms with Crippen molar-refractivity contribution in [2.45, 2.75) is 27.0 Å². The molecule has 9 nitrogen and oxygen atoms in total. The third-order valence-electron chi connectivity index (χ3n) is 5.56. The standard InChI is InChI=1S/C22H28N6O3/c1-3-26(4-2)19(30)14-28-21-18(13-23-28)20(17-7-5-6-16(12-17)15-29)24-22(25-21)27-8-10-31-11-9-27/h5-7,12-13,29H,3-4,8-11,14-15H2,1-2H3. The predicted octanol–water partition coefficient (Wildman–Crippen LogP) is 1.69. The Morgan fingerprint density at radius 3 is 2.68 bits per heavy atom. The van der Waals surface area contributed by atoms with Gasteiger partial charge in [-0.3, -0.25) is 4.79 Å². The van der Waals surface area contributed by atoms with E-state index >= 15 is 0 Å². The lowest BCUT2D eigenvalue weighted by Gasteiger charge is -2.27. The number of benzene rings is 1. The molecule has 0 unspecified atom stereocenters. The number of nitrogens with zero attached hydrogens (tertiary/aromatic N) is 6. The molecule has 4 rings (SSSR count). The molecule has 1 fully saturated rings. The van der Waals surface area contributed by atoms with Crippen LogP contribution in [0.3, 0.4) is 0 Å². The minimum absolute atomic E-state index is 0.00497. The van der Waals surface area contributed by atoms with Crippen molar-refractivity contribution in [3.05, 3.63) is 36.0 Å². The van der Waals surface area contributed by atoms with Crippen LogP contribution in [0.15, 0.2) is 30.5 Å². The molecule has 1 N–H and O–H groups in total. The average Bonchev–Trinajstić information content (AvgIpc) is 3.22. The minimum atomic E-state index is -0.0456. The molecule has 3 heterocycles. The fraction of sp³-hybridized carbons (Fsp3) is 0.455. The summed E-state index contributed by atoms with van der Waals surface area (Å²) in [7, 11) is 0. The van der Waals surface area contributed by atoms with Crippen molar-refractivity contribution in [1.29, 1.82) is 0 Å². The molecule has 0 atom stereocenters. The second kappa shape index (κ2) is 9.40. The van der Waals surface area contributed by atoms with Crippen LogP contribution in [0.4, 0.5) is 5.95 Å². The molecule has 1 aliphatic heterocycles. The molecule has 3 aromatic rings. The number of aromatic nitrogens is 4. The van der Waals surface area contributed by atoms with E-state index in [9.17, 15) is 9.90 Å². The first kappa shape index (κ1) is 21.2. The lowest BCUT2D eigenvalue weighted by Crippen LogP contribution is -2.37. The van der Waals surface area contributed by atoms with Crippen molar-refractivity contribution < 1.29 is 14.6 Å². The van der Waals surface area contributed by atoms with E-state index in [0.29, 0.717) is 51.0 Å². The third kappa shape index (κ3) is 4.38. The van der Waals surface area contributed by atoms with Gasteiger partial charge < -0.3 is 19.6 Å². The number of rotatable bonds is 7. The number of morpholine rings is 1. The zero-order chi connectivity index (χ0) is 21.8. The first-order valence-corrected chi connectivity index (χ1v) is 10.7. The number of carbonyl (C=O) groups excluding carboxylic acids is 1. The highest BCUT2D eigenvalue weighted by Crippen LogP contribution is 2.29. The fourth-order valence-electron chi connectivity index (χ4n) is 3.81. The molecule has 1 saturated heterocycles. The van der Waals surface area contributed by atoms with Crippen molar-refractivity contribution in [1.82, 2.24) is 24.6 Å². The van der Waals surface area contributed by atoms with Crippen molar-refractivity contribution in [3.63, 3.8) is 0 Å². The number of aliphatic hydroxyl groups is 1. The third-order valence-corrected chi connectivity index (χ3v) is 5.56. The monoisotopic (exact) mass is 424 g/mol. The highest BCUT2D eigenvalue weighted by atomic mass is 16.5. The number of anilines is 1. The van der Waals surface area contributed by atoms with Crippen molar-refractivity contribution >= 4 is 22.9 Å². The van der Waals surface area contributed by atoms with E-state index in [2.05, 4.69) is 10.00 Å². The van der Waals surface area contributed by atoms with Crippen LogP contribution < -0.4 is 4.90 Å². The summed E-state index contributed by atoms with van der Waals surface area (Å²) in [4.78, 5) is 26.2. The molecule has 0 saturated carbocycles. The quantitative estimate of drug-likeness (QED) is 0.616. The second-order valence-corrected chi connectivity index (χ2v) is 7.44. The van der Waals surface area contributed by atoms with Crippen LogP contribution in [0.2, 0.25) is 0 Å². The maximum absolute atomic E-state index is 12.7. The van der Waals surface area contributed by atoms with E-state index in [0.717, 1.165) is 22.2 Å². The van der Waals surface area contributed by atoms with Gasteiger partial charge in [0.1, 0.15) is 6.54 Å². The van der Waals surface area contributed by atoms with Gasteiger partial charge in [0.25, 0.3) is 0 Å². The van der Waals surface area contributed by atoms with Gasteiger partial charge in [0, 0.05) is 31.7 Å². The summed E-state index contributed by atoms with van der Waals surface area (Å²) in [6.45, 7) is 7.97. The normalized spacial score (nSPS) is 14.2. The smallest absolute Gasteiger partial charge is 0.244 e. The van der Waals surface area contributed by atoms with Gasteiger partial charge in [0.05, 0.1) is 37.1 Å². The van der Waals surface area contributed by atoms with Gasteiger partial charge in [0.15, 0.2) is 5.65 Å². The Morgan fingerprint density at radius 1 is 1.19 bits per heavy atom. The number of hydrogen-bond acceptors (Lipinski definition) is 7. The van der Waals surface area contributed by atoms with Gasteiger partial charge in [-0.15, -0.1) is 0 Å². The Bertz CT molecular complexity index is 1060. The Labute approximate surface area is 181 Å². The lowest BCUT2D eigenvalue weighted by atomic mass is 10.1. The molecule has 9 heteroatoms. The zero-order valence-corrected chi connectivity index (χ0v) is 18.0. The summed E-state index contributed by atoms with van der Waals surface area (Å²) in [6, 6.07) is 7.65. The van der Waals surface area contributed by atoms with Gasteiger partial charge in [0.2, 0.25) is 11.9 Å². The Morgan fingerprint density at radius 2 is 1.97 bits per heavy atom. The van der Waals surface area contributed by atoms with Gasteiger partial charge in [-0.2, -0.15) is 10.1 Å². The van der Waals surface area contributed by atoms with E-state index < -0.39 is 0 Å². The number of amides is 1. The second-order valence-electron chi connectivity index (χ2n) is 7.44. The van der Waals surface area contributed by atoms with Gasteiger partial charge in [-0.05, 0) is 25.5 Å². The average molecular weight is 425 g/mol. The van der Waals surface area contributed by atoms with Crippen LogP contribution in [0.5, 0.6) is 0 Å². The maximum atomic E-state index is 12.7. The molecule has 1 aliphatic rings. The predicted molar refractivity (Wildman–Crippen MR) is 118 cm³/mol. The van der Waals surface area contributed by atoms with E-state index in [-0.39, 0.29) is 19.1 Å². The summed E-state index contributed by atoms with van der Waals surface area (Å²) < 4.78 is 7.13. The summed E-state index contributed by atoms with van der Waals surface area (Å²) in [5, 5.41) is 14.8. The van der Waals surface area contributed by atoms with Crippen LogP contribution in [-0.2, 0) is 22.7 Å². The molecule has 164 valence electrons. The molecule has 31 heavy (non-hydrogen) atoms. The van der Waals surface area contributed by atoms with Gasteiger partial charge >= 0.3 is 0 Å². The molecular weight excluding hydrogens is 396 g/mol. The van der Waals surface area contributed by atoms with Crippen molar-refractivity contribution in [3.8, 4) is 11.3 Å². The van der Waals surface area contributed by atoms with Gasteiger partial charge in [-0.25, -0.2) is 9.67 Å². The molecule has 0 radical (unpaired) electrons. The molecule has 0 spiro atoms. The highest BCUT2D eigenvalue weighted by Gasteiger charge is 2.21. The van der Waals surface area contributed by atoms with Crippen molar-refractivity contribution in [2.75, 3.05) is 44.3 Å². The summed E-state index contributed by atoms with van der Waals surface area (Å²) in [6.07, 6.45) is 1.72. The number of fused-ring (bicyclic) bond motifs is 1. The SMILES string of the molecule is CCN(CC)C(=O)Cn1ncc2c(-c3cccc(CO)c3)nc(N3CCOCC3)nc21. The fourth-order valence-corrected chi connectivity index (χ4v) is 3.81. The molecule has 0 bridgehead atoms. The van der Waals surface area contributed by atoms with Crippen LogP contribution in [-0.4, -0.2) is 75.1 Å². The first-order valence-electron chi connectivity index (χ1n) is 10.7. The van der Waals surface area contributed by atoms with Crippen LogP contribution in [0.1, 0.15) is 19.4 Å².